The van der Waals surface area contributed by atoms with Gasteiger partial charge in [-0.25, -0.2) is 9.07 Å². The molecule has 1 aromatic carbocycles. The third-order valence-corrected chi connectivity index (χ3v) is 3.84. The van der Waals surface area contributed by atoms with Gasteiger partial charge in [0, 0.05) is 24.2 Å². The van der Waals surface area contributed by atoms with Gasteiger partial charge >= 0.3 is 0 Å². The van der Waals surface area contributed by atoms with Crippen LogP contribution in [0.2, 0.25) is 0 Å². The Morgan fingerprint density at radius 1 is 1.41 bits per heavy atom. The third kappa shape index (κ3) is 2.87. The zero-order valence-corrected chi connectivity index (χ0v) is 12.4. The Balaban J connectivity index is 2.05. The maximum Gasteiger partial charge on any atom is 0.271 e. The SMILES string of the molecule is COc1ccc(-c2cc(CN)c(=O)n(CC3CC3)n2)cc1F. The fraction of sp³-hybridized carbons (Fsp3) is 0.375. The third-order valence-electron chi connectivity index (χ3n) is 3.84. The highest BCUT2D eigenvalue weighted by atomic mass is 19.1. The number of hydrogen-bond donors (Lipinski definition) is 1. The number of ether oxygens (including phenoxy) is 1. The molecule has 0 aliphatic heterocycles. The highest BCUT2D eigenvalue weighted by Gasteiger charge is 2.23. The molecule has 1 heterocycles. The van der Waals surface area contributed by atoms with Gasteiger partial charge in [0.1, 0.15) is 0 Å². The largest absolute Gasteiger partial charge is 0.494 e. The number of rotatable bonds is 5. The predicted octanol–water partition coefficient (Wildman–Crippen LogP) is 1.93. The minimum Gasteiger partial charge on any atom is -0.494 e. The number of halogens is 1. The summed E-state index contributed by atoms with van der Waals surface area (Å²) in [6.45, 7) is 0.732. The lowest BCUT2D eigenvalue weighted by atomic mass is 10.1. The first-order valence-corrected chi connectivity index (χ1v) is 7.27. The molecule has 1 aromatic heterocycles. The van der Waals surface area contributed by atoms with Crippen LogP contribution in [0.25, 0.3) is 11.3 Å². The monoisotopic (exact) mass is 303 g/mol. The molecular weight excluding hydrogens is 285 g/mol. The normalized spacial score (nSPS) is 14.1. The molecule has 0 radical (unpaired) electrons. The topological polar surface area (TPSA) is 70.1 Å². The zero-order valence-electron chi connectivity index (χ0n) is 12.4. The average molecular weight is 303 g/mol. The second kappa shape index (κ2) is 5.88. The Kier molecular flexibility index (Phi) is 3.94. The van der Waals surface area contributed by atoms with Crippen LogP contribution in [0.1, 0.15) is 18.4 Å². The van der Waals surface area contributed by atoms with Crippen LogP contribution in [0.5, 0.6) is 5.75 Å². The molecule has 1 saturated carbocycles. The lowest BCUT2D eigenvalue weighted by molar-refractivity contribution is 0.386. The van der Waals surface area contributed by atoms with Crippen LogP contribution in [0.15, 0.2) is 29.1 Å². The number of benzene rings is 1. The first-order valence-electron chi connectivity index (χ1n) is 7.27. The van der Waals surface area contributed by atoms with Crippen LogP contribution < -0.4 is 16.0 Å². The van der Waals surface area contributed by atoms with E-state index in [0.29, 0.717) is 29.3 Å². The summed E-state index contributed by atoms with van der Waals surface area (Å²) in [6.07, 6.45) is 2.24. The van der Waals surface area contributed by atoms with Crippen LogP contribution in [-0.4, -0.2) is 16.9 Å². The number of aromatic nitrogens is 2. The van der Waals surface area contributed by atoms with E-state index in [0.717, 1.165) is 12.8 Å². The lowest BCUT2D eigenvalue weighted by Crippen LogP contribution is -2.28. The quantitative estimate of drug-likeness (QED) is 0.916. The van der Waals surface area contributed by atoms with E-state index in [1.807, 2.05) is 0 Å². The zero-order chi connectivity index (χ0) is 15.7. The number of nitrogens with two attached hydrogens (primary N) is 1. The van der Waals surface area contributed by atoms with E-state index >= 15 is 0 Å². The van der Waals surface area contributed by atoms with Crippen molar-refractivity contribution in [1.29, 1.82) is 0 Å². The van der Waals surface area contributed by atoms with Crippen LogP contribution >= 0.6 is 0 Å². The van der Waals surface area contributed by atoms with Crippen molar-refractivity contribution in [3.8, 4) is 17.0 Å². The van der Waals surface area contributed by atoms with Crippen LogP contribution in [-0.2, 0) is 13.1 Å². The highest BCUT2D eigenvalue weighted by molar-refractivity contribution is 5.60. The van der Waals surface area contributed by atoms with Gasteiger partial charge in [-0.05, 0) is 43.0 Å². The molecule has 0 saturated heterocycles. The van der Waals surface area contributed by atoms with Gasteiger partial charge in [-0.2, -0.15) is 5.10 Å². The van der Waals surface area contributed by atoms with Crippen molar-refractivity contribution in [1.82, 2.24) is 9.78 Å². The highest BCUT2D eigenvalue weighted by Crippen LogP contribution is 2.30. The molecule has 22 heavy (non-hydrogen) atoms. The molecule has 2 N–H and O–H groups in total. The van der Waals surface area contributed by atoms with E-state index in [2.05, 4.69) is 5.10 Å². The van der Waals surface area contributed by atoms with E-state index in [4.69, 9.17) is 10.5 Å². The molecule has 1 aliphatic carbocycles. The molecule has 0 amide bonds. The van der Waals surface area contributed by atoms with Crippen molar-refractivity contribution in [3.63, 3.8) is 0 Å². The van der Waals surface area contributed by atoms with E-state index in [-0.39, 0.29) is 17.9 Å². The van der Waals surface area contributed by atoms with E-state index in [1.165, 1.54) is 17.9 Å². The molecule has 1 aliphatic rings. The molecule has 0 atom stereocenters. The Bertz CT molecular complexity index is 754. The average Bonchev–Trinajstić information content (AvgIpc) is 3.33. The predicted molar refractivity (Wildman–Crippen MR) is 81.1 cm³/mol. The van der Waals surface area contributed by atoms with E-state index in [9.17, 15) is 9.18 Å². The fourth-order valence-electron chi connectivity index (χ4n) is 2.38. The van der Waals surface area contributed by atoms with Crippen molar-refractivity contribution in [2.24, 2.45) is 11.7 Å². The Morgan fingerprint density at radius 2 is 2.18 bits per heavy atom. The number of hydrogen-bond acceptors (Lipinski definition) is 4. The molecule has 5 nitrogen and oxygen atoms in total. The van der Waals surface area contributed by atoms with Gasteiger partial charge < -0.3 is 10.5 Å². The summed E-state index contributed by atoms with van der Waals surface area (Å²) >= 11 is 0. The summed E-state index contributed by atoms with van der Waals surface area (Å²) in [5.74, 6) is 0.226. The maximum absolute atomic E-state index is 13.9. The summed E-state index contributed by atoms with van der Waals surface area (Å²) < 4.78 is 20.2. The molecule has 2 aromatic rings. The summed E-state index contributed by atoms with van der Waals surface area (Å²) in [6, 6.07) is 6.25. The van der Waals surface area contributed by atoms with Crippen LogP contribution in [0.3, 0.4) is 0 Å². The smallest absolute Gasteiger partial charge is 0.271 e. The number of nitrogens with zero attached hydrogens (tertiary/aromatic N) is 2. The van der Waals surface area contributed by atoms with Gasteiger partial charge in [0.15, 0.2) is 11.6 Å². The minimum atomic E-state index is -0.462. The fourth-order valence-corrected chi connectivity index (χ4v) is 2.38. The van der Waals surface area contributed by atoms with Crippen molar-refractivity contribution in [3.05, 3.63) is 46.0 Å². The van der Waals surface area contributed by atoms with Gasteiger partial charge in [-0.3, -0.25) is 4.79 Å². The Morgan fingerprint density at radius 3 is 2.77 bits per heavy atom. The number of methoxy groups -OCH3 is 1. The van der Waals surface area contributed by atoms with Crippen molar-refractivity contribution in [2.75, 3.05) is 7.11 Å². The van der Waals surface area contributed by atoms with Crippen molar-refractivity contribution < 1.29 is 9.13 Å². The molecule has 6 heteroatoms. The standard InChI is InChI=1S/C16H18FN3O2/c1-22-15-5-4-11(6-13(15)17)14-7-12(8-18)16(21)20(19-14)9-10-2-3-10/h4-7,10H,2-3,8-9,18H2,1H3. The second-order valence-corrected chi connectivity index (χ2v) is 5.54. The summed E-state index contributed by atoms with van der Waals surface area (Å²) in [7, 11) is 1.42. The summed E-state index contributed by atoms with van der Waals surface area (Å²) in [5, 5.41) is 4.37. The van der Waals surface area contributed by atoms with Crippen molar-refractivity contribution in [2.45, 2.75) is 25.9 Å². The maximum atomic E-state index is 13.9. The lowest BCUT2D eigenvalue weighted by Gasteiger charge is -2.10. The summed E-state index contributed by atoms with van der Waals surface area (Å²) in [5.41, 5.74) is 7.12. The molecule has 0 unspecified atom stereocenters. The summed E-state index contributed by atoms with van der Waals surface area (Å²) in [4.78, 5) is 12.2. The second-order valence-electron chi connectivity index (χ2n) is 5.54. The Labute approximate surface area is 127 Å². The van der Waals surface area contributed by atoms with E-state index < -0.39 is 5.82 Å². The minimum absolute atomic E-state index is 0.137. The molecule has 0 spiro atoms. The molecule has 116 valence electrons. The van der Waals surface area contributed by atoms with Gasteiger partial charge in [-0.1, -0.05) is 0 Å². The molecule has 3 rings (SSSR count). The molecule has 1 fully saturated rings. The van der Waals surface area contributed by atoms with E-state index in [1.54, 1.807) is 18.2 Å². The first kappa shape index (κ1) is 14.7. The van der Waals surface area contributed by atoms with Gasteiger partial charge in [0.2, 0.25) is 0 Å². The van der Waals surface area contributed by atoms with Crippen LogP contribution in [0.4, 0.5) is 4.39 Å². The molecule has 0 bridgehead atoms. The first-order chi connectivity index (χ1) is 10.6. The van der Waals surface area contributed by atoms with Crippen molar-refractivity contribution >= 4 is 0 Å². The Hall–Kier alpha value is -2.21. The van der Waals surface area contributed by atoms with Gasteiger partial charge in [0.05, 0.1) is 12.8 Å². The van der Waals surface area contributed by atoms with Gasteiger partial charge in [0.25, 0.3) is 5.56 Å². The van der Waals surface area contributed by atoms with Gasteiger partial charge in [-0.15, -0.1) is 0 Å². The van der Waals surface area contributed by atoms with Crippen LogP contribution in [0, 0.1) is 11.7 Å². The molecular formula is C16H18FN3O2.